The van der Waals surface area contributed by atoms with E-state index in [2.05, 4.69) is 36.2 Å². The zero-order valence-electron chi connectivity index (χ0n) is 16.7. The van der Waals surface area contributed by atoms with Crippen LogP contribution in [0.2, 0.25) is 0 Å². The molecule has 0 aliphatic heterocycles. The Balaban J connectivity index is 1.40. The summed E-state index contributed by atoms with van der Waals surface area (Å²) in [5.41, 5.74) is 5.60. The van der Waals surface area contributed by atoms with Crippen LogP contribution in [0.5, 0.6) is 5.75 Å². The average molecular weight is 384 g/mol. The number of aromatic nitrogens is 2. The highest BCUT2D eigenvalue weighted by Crippen LogP contribution is 2.37. The van der Waals surface area contributed by atoms with Gasteiger partial charge in [0.05, 0.1) is 12.8 Å². The summed E-state index contributed by atoms with van der Waals surface area (Å²) < 4.78 is 11.3. The normalized spacial score (nSPS) is 14.0. The molecule has 5 rings (SSSR count). The summed E-state index contributed by atoms with van der Waals surface area (Å²) >= 11 is 0. The Labute approximate surface area is 170 Å². The first-order valence-electron chi connectivity index (χ1n) is 10.1. The molecule has 0 spiro atoms. The summed E-state index contributed by atoms with van der Waals surface area (Å²) in [6, 6.07) is 20.7. The van der Waals surface area contributed by atoms with Gasteiger partial charge >= 0.3 is 0 Å². The zero-order valence-corrected chi connectivity index (χ0v) is 16.7. The summed E-state index contributed by atoms with van der Waals surface area (Å²) in [7, 11) is 1.66. The SMILES string of the molecule is COc1ccc(-c2ccc(-c3nc(-c4ccc(C5CCC5)cc4)c(C)[nH]3)o2)cc1. The van der Waals surface area contributed by atoms with Crippen molar-refractivity contribution in [3.8, 4) is 39.9 Å². The van der Waals surface area contributed by atoms with Crippen molar-refractivity contribution < 1.29 is 9.15 Å². The second-order valence-corrected chi connectivity index (χ2v) is 7.70. The van der Waals surface area contributed by atoms with Crippen molar-refractivity contribution >= 4 is 0 Å². The lowest BCUT2D eigenvalue weighted by Gasteiger charge is -2.25. The number of hydrogen-bond donors (Lipinski definition) is 1. The smallest absolute Gasteiger partial charge is 0.174 e. The van der Waals surface area contributed by atoms with Gasteiger partial charge in [-0.15, -0.1) is 0 Å². The van der Waals surface area contributed by atoms with Crippen LogP contribution in [-0.2, 0) is 0 Å². The van der Waals surface area contributed by atoms with Crippen LogP contribution in [0, 0.1) is 6.92 Å². The molecule has 4 aromatic rings. The van der Waals surface area contributed by atoms with Crippen molar-refractivity contribution in [2.24, 2.45) is 0 Å². The number of aromatic amines is 1. The van der Waals surface area contributed by atoms with Gasteiger partial charge < -0.3 is 14.1 Å². The second kappa shape index (κ2) is 7.28. The van der Waals surface area contributed by atoms with Crippen LogP contribution in [0.15, 0.2) is 65.1 Å². The standard InChI is InChI=1S/C25H24N2O2/c1-16-24(20-8-6-18(7-9-20)17-4-3-5-17)27-25(26-16)23-15-14-22(29-23)19-10-12-21(28-2)13-11-19/h6-15,17H,3-5H2,1-2H3,(H,26,27). The van der Waals surface area contributed by atoms with E-state index >= 15 is 0 Å². The van der Waals surface area contributed by atoms with Gasteiger partial charge in [0.1, 0.15) is 11.5 Å². The van der Waals surface area contributed by atoms with Gasteiger partial charge in [0.25, 0.3) is 0 Å². The van der Waals surface area contributed by atoms with E-state index in [9.17, 15) is 0 Å². The summed E-state index contributed by atoms with van der Waals surface area (Å²) in [6.45, 7) is 2.05. The lowest BCUT2D eigenvalue weighted by Crippen LogP contribution is -2.08. The van der Waals surface area contributed by atoms with Crippen molar-refractivity contribution in [3.05, 3.63) is 71.9 Å². The molecule has 2 heterocycles. The maximum Gasteiger partial charge on any atom is 0.174 e. The molecule has 2 aromatic carbocycles. The van der Waals surface area contributed by atoms with Gasteiger partial charge in [-0.3, -0.25) is 0 Å². The first-order valence-corrected chi connectivity index (χ1v) is 10.1. The van der Waals surface area contributed by atoms with Gasteiger partial charge in [0, 0.05) is 16.8 Å². The van der Waals surface area contributed by atoms with Crippen LogP contribution in [0.25, 0.3) is 34.2 Å². The molecule has 0 radical (unpaired) electrons. The quantitative estimate of drug-likeness (QED) is 0.422. The summed E-state index contributed by atoms with van der Waals surface area (Å²) in [5, 5.41) is 0. The van der Waals surface area contributed by atoms with E-state index in [0.29, 0.717) is 0 Å². The van der Waals surface area contributed by atoms with Crippen LogP contribution in [-0.4, -0.2) is 17.1 Å². The maximum atomic E-state index is 6.07. The van der Waals surface area contributed by atoms with Crippen molar-refractivity contribution in [2.45, 2.75) is 32.1 Å². The molecule has 29 heavy (non-hydrogen) atoms. The van der Waals surface area contributed by atoms with E-state index in [4.69, 9.17) is 14.1 Å². The van der Waals surface area contributed by atoms with Crippen molar-refractivity contribution in [2.75, 3.05) is 7.11 Å². The molecular weight excluding hydrogens is 360 g/mol. The Morgan fingerprint density at radius 3 is 2.24 bits per heavy atom. The topological polar surface area (TPSA) is 51.0 Å². The minimum atomic E-state index is 0.733. The van der Waals surface area contributed by atoms with Crippen LogP contribution >= 0.6 is 0 Å². The highest BCUT2D eigenvalue weighted by Gasteiger charge is 2.20. The molecule has 1 aliphatic carbocycles. The molecule has 2 aromatic heterocycles. The Kier molecular flexibility index (Phi) is 4.47. The minimum absolute atomic E-state index is 0.733. The van der Waals surface area contributed by atoms with E-state index in [1.807, 2.05) is 36.4 Å². The fourth-order valence-corrected chi connectivity index (χ4v) is 3.89. The van der Waals surface area contributed by atoms with E-state index < -0.39 is 0 Å². The Morgan fingerprint density at radius 2 is 1.59 bits per heavy atom. The molecule has 0 unspecified atom stereocenters. The van der Waals surface area contributed by atoms with Crippen molar-refractivity contribution in [3.63, 3.8) is 0 Å². The van der Waals surface area contributed by atoms with Gasteiger partial charge in [-0.25, -0.2) is 4.98 Å². The number of rotatable bonds is 5. The van der Waals surface area contributed by atoms with Gasteiger partial charge in [-0.05, 0) is 67.6 Å². The van der Waals surface area contributed by atoms with Crippen LogP contribution in [0.1, 0.15) is 36.4 Å². The van der Waals surface area contributed by atoms with E-state index in [1.54, 1.807) is 7.11 Å². The highest BCUT2D eigenvalue weighted by atomic mass is 16.5. The fourth-order valence-electron chi connectivity index (χ4n) is 3.89. The molecule has 0 saturated heterocycles. The van der Waals surface area contributed by atoms with Gasteiger partial charge in [-0.1, -0.05) is 30.7 Å². The van der Waals surface area contributed by atoms with Crippen LogP contribution in [0.4, 0.5) is 0 Å². The Bertz CT molecular complexity index is 1120. The van der Waals surface area contributed by atoms with Crippen molar-refractivity contribution in [1.82, 2.24) is 9.97 Å². The first kappa shape index (κ1) is 17.8. The summed E-state index contributed by atoms with van der Waals surface area (Å²) in [5.74, 6) is 3.87. The van der Waals surface area contributed by atoms with E-state index in [1.165, 1.54) is 24.8 Å². The highest BCUT2D eigenvalue weighted by molar-refractivity contribution is 5.68. The molecule has 4 nitrogen and oxygen atoms in total. The fraction of sp³-hybridized carbons (Fsp3) is 0.240. The van der Waals surface area contributed by atoms with Crippen LogP contribution in [0.3, 0.4) is 0 Å². The predicted octanol–water partition coefficient (Wildman–Crippen LogP) is 6.59. The number of aryl methyl sites for hydroxylation is 1. The number of H-pyrrole nitrogens is 1. The molecule has 1 N–H and O–H groups in total. The average Bonchev–Trinajstić information content (AvgIpc) is 3.34. The first-order chi connectivity index (χ1) is 14.2. The molecule has 0 amide bonds. The number of benzene rings is 2. The third kappa shape index (κ3) is 3.35. The number of hydrogen-bond acceptors (Lipinski definition) is 3. The maximum absolute atomic E-state index is 6.07. The number of ether oxygens (including phenoxy) is 1. The number of furan rings is 1. The Hall–Kier alpha value is -3.27. The lowest BCUT2D eigenvalue weighted by molar-refractivity contribution is 0.415. The number of imidazole rings is 1. The molecule has 1 fully saturated rings. The predicted molar refractivity (Wildman–Crippen MR) is 115 cm³/mol. The molecule has 146 valence electrons. The number of nitrogens with zero attached hydrogens (tertiary/aromatic N) is 1. The second-order valence-electron chi connectivity index (χ2n) is 7.70. The van der Waals surface area contributed by atoms with E-state index in [-0.39, 0.29) is 0 Å². The third-order valence-corrected chi connectivity index (χ3v) is 5.86. The monoisotopic (exact) mass is 384 g/mol. The largest absolute Gasteiger partial charge is 0.497 e. The molecule has 0 atom stereocenters. The minimum Gasteiger partial charge on any atom is -0.497 e. The molecule has 4 heteroatoms. The summed E-state index contributed by atoms with van der Waals surface area (Å²) in [6.07, 6.45) is 4.00. The van der Waals surface area contributed by atoms with Crippen LogP contribution < -0.4 is 4.74 Å². The van der Waals surface area contributed by atoms with Gasteiger partial charge in [0.2, 0.25) is 0 Å². The molecule has 1 saturated carbocycles. The molecular formula is C25H24N2O2. The zero-order chi connectivity index (χ0) is 19.8. The third-order valence-electron chi connectivity index (χ3n) is 5.86. The molecule has 1 aliphatic rings. The molecule has 0 bridgehead atoms. The van der Waals surface area contributed by atoms with Gasteiger partial charge in [-0.2, -0.15) is 0 Å². The van der Waals surface area contributed by atoms with E-state index in [0.717, 1.165) is 51.5 Å². The number of methoxy groups -OCH3 is 1. The lowest BCUT2D eigenvalue weighted by atomic mass is 9.80. The van der Waals surface area contributed by atoms with Crippen molar-refractivity contribution in [1.29, 1.82) is 0 Å². The van der Waals surface area contributed by atoms with Gasteiger partial charge in [0.15, 0.2) is 11.6 Å². The number of nitrogens with one attached hydrogen (secondary N) is 1. The summed E-state index contributed by atoms with van der Waals surface area (Å²) in [4.78, 5) is 8.20. The Morgan fingerprint density at radius 1 is 0.897 bits per heavy atom.